The Balaban J connectivity index is 3.80. The summed E-state index contributed by atoms with van der Waals surface area (Å²) in [5.74, 6) is 0.250. The van der Waals surface area contributed by atoms with Crippen LogP contribution in [-0.2, 0) is 20.7 Å². The summed E-state index contributed by atoms with van der Waals surface area (Å²) in [7, 11) is 1.69. The van der Waals surface area contributed by atoms with Gasteiger partial charge >= 0.3 is 5.97 Å². The Bertz CT molecular complexity index is 152. The van der Waals surface area contributed by atoms with E-state index in [0.29, 0.717) is 18.8 Å². The molecule has 0 aliphatic heterocycles. The summed E-state index contributed by atoms with van der Waals surface area (Å²) in [5.41, 5.74) is 0. The molecule has 0 radical (unpaired) electrons. The highest BCUT2D eigenvalue weighted by molar-refractivity contribution is 7.90. The average molecular weight is 207 g/mol. The van der Waals surface area contributed by atoms with Gasteiger partial charge in [-0.25, -0.2) is 0 Å². The van der Waals surface area contributed by atoms with Crippen molar-refractivity contribution in [1.82, 2.24) is 5.32 Å². The van der Waals surface area contributed by atoms with E-state index < -0.39 is 11.2 Å². The fourth-order valence-electron chi connectivity index (χ4n) is 0.907. The van der Waals surface area contributed by atoms with Crippen molar-refractivity contribution in [3.8, 4) is 0 Å². The van der Waals surface area contributed by atoms with Crippen LogP contribution in [-0.4, -0.2) is 42.2 Å². The summed E-state index contributed by atoms with van der Waals surface area (Å²) in [6.07, 6.45) is 2.18. The number of ether oxygens (including phenoxy) is 1. The minimum atomic E-state index is -0.856. The van der Waals surface area contributed by atoms with Gasteiger partial charge in [0.1, 0.15) is 11.8 Å². The van der Waals surface area contributed by atoms with Crippen LogP contribution in [0.15, 0.2) is 0 Å². The summed E-state index contributed by atoms with van der Waals surface area (Å²) >= 11 is -0.856. The molecule has 0 aromatic rings. The highest BCUT2D eigenvalue weighted by atomic mass is 32.2. The molecule has 2 atom stereocenters. The lowest BCUT2D eigenvalue weighted by Gasteiger charge is -2.14. The Kier molecular flexibility index (Phi) is 7.03. The Morgan fingerprint density at radius 3 is 2.69 bits per heavy atom. The first-order valence-electron chi connectivity index (χ1n) is 4.25. The second kappa shape index (κ2) is 7.17. The molecule has 0 fully saturated rings. The molecule has 0 amide bonds. The number of likely N-dealkylation sites (N-methyl/N-ethyl adjacent to an activating group) is 1. The normalized spacial score (nSPS) is 15.1. The van der Waals surface area contributed by atoms with Crippen LogP contribution in [0, 0.1) is 0 Å². The van der Waals surface area contributed by atoms with E-state index in [2.05, 4.69) is 5.32 Å². The standard InChI is InChI=1S/C8H17NO3S/c1-4-12-8(10)7(9-2)5-6-13(3)11/h7,9H,4-6H2,1-3H3. The van der Waals surface area contributed by atoms with E-state index in [-0.39, 0.29) is 12.0 Å². The van der Waals surface area contributed by atoms with Crippen LogP contribution in [0.1, 0.15) is 13.3 Å². The molecule has 0 aromatic heterocycles. The van der Waals surface area contributed by atoms with Crippen molar-refractivity contribution in [3.63, 3.8) is 0 Å². The van der Waals surface area contributed by atoms with E-state index in [4.69, 9.17) is 4.74 Å². The number of esters is 1. The number of nitrogens with one attached hydrogen (secondary N) is 1. The number of carbonyl (C=O) groups is 1. The van der Waals surface area contributed by atoms with E-state index in [1.807, 2.05) is 0 Å². The van der Waals surface area contributed by atoms with Crippen LogP contribution in [0.4, 0.5) is 0 Å². The van der Waals surface area contributed by atoms with Crippen molar-refractivity contribution in [2.75, 3.05) is 25.7 Å². The molecule has 0 rings (SSSR count). The van der Waals surface area contributed by atoms with Crippen LogP contribution < -0.4 is 5.32 Å². The number of carbonyl (C=O) groups excluding carboxylic acids is 1. The smallest absolute Gasteiger partial charge is 0.323 e. The zero-order valence-corrected chi connectivity index (χ0v) is 9.15. The monoisotopic (exact) mass is 207 g/mol. The van der Waals surface area contributed by atoms with Gasteiger partial charge in [-0.3, -0.25) is 4.79 Å². The maximum absolute atomic E-state index is 11.2. The van der Waals surface area contributed by atoms with E-state index in [9.17, 15) is 9.35 Å². The molecule has 0 saturated carbocycles. The van der Waals surface area contributed by atoms with Gasteiger partial charge in [-0.05, 0) is 14.0 Å². The molecule has 13 heavy (non-hydrogen) atoms. The number of hydrogen-bond acceptors (Lipinski definition) is 4. The van der Waals surface area contributed by atoms with Crippen LogP contribution in [0.5, 0.6) is 0 Å². The topological polar surface area (TPSA) is 61.4 Å². The van der Waals surface area contributed by atoms with Gasteiger partial charge in [0.15, 0.2) is 0 Å². The van der Waals surface area contributed by atoms with Crippen molar-refractivity contribution in [2.24, 2.45) is 0 Å². The molecule has 0 aliphatic carbocycles. The fraction of sp³-hybridized carbons (Fsp3) is 0.875. The Labute approximate surface area is 82.2 Å². The minimum Gasteiger partial charge on any atom is -0.617 e. The van der Waals surface area contributed by atoms with Crippen LogP contribution in [0.3, 0.4) is 0 Å². The largest absolute Gasteiger partial charge is 0.617 e. The first-order valence-corrected chi connectivity index (χ1v) is 5.98. The van der Waals surface area contributed by atoms with Gasteiger partial charge < -0.3 is 14.6 Å². The van der Waals surface area contributed by atoms with E-state index >= 15 is 0 Å². The third-order valence-corrected chi connectivity index (χ3v) is 2.42. The van der Waals surface area contributed by atoms with Crippen LogP contribution in [0.25, 0.3) is 0 Å². The Hall–Kier alpha value is -0.260. The predicted octanol–water partition coefficient (Wildman–Crippen LogP) is -0.0939. The lowest BCUT2D eigenvalue weighted by atomic mass is 10.2. The van der Waals surface area contributed by atoms with Crippen LogP contribution >= 0.6 is 0 Å². The van der Waals surface area contributed by atoms with E-state index in [0.717, 1.165) is 0 Å². The van der Waals surface area contributed by atoms with Crippen LogP contribution in [0.2, 0.25) is 0 Å². The van der Waals surface area contributed by atoms with Crippen molar-refractivity contribution in [2.45, 2.75) is 19.4 Å². The highest BCUT2D eigenvalue weighted by Crippen LogP contribution is 1.98. The van der Waals surface area contributed by atoms with E-state index in [1.165, 1.54) is 0 Å². The zero-order chi connectivity index (χ0) is 10.3. The molecule has 78 valence electrons. The fourth-order valence-corrected chi connectivity index (χ4v) is 1.47. The van der Waals surface area contributed by atoms with Gasteiger partial charge in [0.05, 0.1) is 12.9 Å². The highest BCUT2D eigenvalue weighted by Gasteiger charge is 2.18. The summed E-state index contributed by atoms with van der Waals surface area (Å²) in [4.78, 5) is 11.2. The second-order valence-electron chi connectivity index (χ2n) is 2.66. The lowest BCUT2D eigenvalue weighted by Crippen LogP contribution is -2.37. The molecule has 4 nitrogen and oxygen atoms in total. The molecule has 0 spiro atoms. The first-order chi connectivity index (χ1) is 6.11. The summed E-state index contributed by atoms with van der Waals surface area (Å²) in [5, 5.41) is 2.83. The second-order valence-corrected chi connectivity index (χ2v) is 4.21. The van der Waals surface area contributed by atoms with Crippen molar-refractivity contribution >= 4 is 17.1 Å². The number of rotatable bonds is 6. The van der Waals surface area contributed by atoms with Gasteiger partial charge in [0, 0.05) is 6.42 Å². The van der Waals surface area contributed by atoms with Gasteiger partial charge in [-0.1, -0.05) is 11.2 Å². The lowest BCUT2D eigenvalue weighted by molar-refractivity contribution is -0.145. The molecule has 0 aliphatic rings. The molecule has 2 unspecified atom stereocenters. The van der Waals surface area contributed by atoms with Gasteiger partial charge in [-0.2, -0.15) is 0 Å². The maximum Gasteiger partial charge on any atom is 0.323 e. The minimum absolute atomic E-state index is 0.268. The Morgan fingerprint density at radius 2 is 2.31 bits per heavy atom. The van der Waals surface area contributed by atoms with Crippen molar-refractivity contribution < 1.29 is 14.1 Å². The van der Waals surface area contributed by atoms with Gasteiger partial charge in [0.2, 0.25) is 0 Å². The zero-order valence-electron chi connectivity index (χ0n) is 8.33. The Morgan fingerprint density at radius 1 is 1.69 bits per heavy atom. The summed E-state index contributed by atoms with van der Waals surface area (Å²) in [6.45, 7) is 2.15. The molecular formula is C8H17NO3S. The number of hydrogen-bond donors (Lipinski definition) is 1. The molecule has 0 heterocycles. The third kappa shape index (κ3) is 5.90. The van der Waals surface area contributed by atoms with Gasteiger partial charge in [-0.15, -0.1) is 0 Å². The first kappa shape index (κ1) is 12.7. The quantitative estimate of drug-likeness (QED) is 0.488. The van der Waals surface area contributed by atoms with Crippen molar-refractivity contribution in [3.05, 3.63) is 0 Å². The van der Waals surface area contributed by atoms with Crippen molar-refractivity contribution in [1.29, 1.82) is 0 Å². The summed E-state index contributed by atoms with van der Waals surface area (Å²) < 4.78 is 15.6. The molecule has 0 bridgehead atoms. The molecule has 1 N–H and O–H groups in total. The molecule has 5 heteroatoms. The molecular weight excluding hydrogens is 190 g/mol. The van der Waals surface area contributed by atoms with Gasteiger partial charge in [0.25, 0.3) is 0 Å². The third-order valence-electron chi connectivity index (χ3n) is 1.61. The summed E-state index contributed by atoms with van der Waals surface area (Å²) in [6, 6.07) is -0.330. The van der Waals surface area contributed by atoms with E-state index in [1.54, 1.807) is 20.2 Å². The average Bonchev–Trinajstić information content (AvgIpc) is 2.05. The predicted molar refractivity (Wildman–Crippen MR) is 53.0 cm³/mol. The SMILES string of the molecule is CCOC(=O)C(CC[S+](C)[O-])NC. The molecule has 0 saturated heterocycles. The maximum atomic E-state index is 11.2. The molecule has 0 aromatic carbocycles.